The highest BCUT2D eigenvalue weighted by molar-refractivity contribution is 7.89. The Kier molecular flexibility index (Phi) is 6.72. The molecular formula is C20H29N3O4S. The summed E-state index contributed by atoms with van der Waals surface area (Å²) in [5.41, 5.74) is 1.58. The summed E-state index contributed by atoms with van der Waals surface area (Å²) in [7, 11) is -3.42. The van der Waals surface area contributed by atoms with E-state index in [0.717, 1.165) is 31.4 Å². The van der Waals surface area contributed by atoms with Gasteiger partial charge in [-0.25, -0.2) is 8.42 Å². The van der Waals surface area contributed by atoms with E-state index in [0.29, 0.717) is 38.0 Å². The van der Waals surface area contributed by atoms with Crippen molar-refractivity contribution >= 4 is 27.5 Å². The minimum atomic E-state index is -3.42. The van der Waals surface area contributed by atoms with Crippen LogP contribution in [-0.2, 0) is 26.2 Å². The zero-order valence-corrected chi connectivity index (χ0v) is 17.2. The summed E-state index contributed by atoms with van der Waals surface area (Å²) < 4.78 is 26.5. The number of carbonyl (C=O) groups excluding carboxylic acids is 2. The van der Waals surface area contributed by atoms with Gasteiger partial charge in [0.1, 0.15) is 6.04 Å². The largest absolute Gasteiger partial charge is 0.338 e. The lowest BCUT2D eigenvalue weighted by atomic mass is 10.0. The summed E-state index contributed by atoms with van der Waals surface area (Å²) in [6.07, 6.45) is 4.18. The van der Waals surface area contributed by atoms with Crippen molar-refractivity contribution in [2.75, 3.05) is 24.2 Å². The molecule has 0 saturated carbocycles. The number of anilines is 1. The molecule has 2 amide bonds. The van der Waals surface area contributed by atoms with Crippen LogP contribution in [0.4, 0.5) is 5.69 Å². The number of likely N-dealkylation sites (tertiary alicyclic amines) is 1. The Hall–Kier alpha value is -1.93. The zero-order valence-electron chi connectivity index (χ0n) is 16.4. The van der Waals surface area contributed by atoms with Crippen molar-refractivity contribution in [2.24, 2.45) is 0 Å². The number of piperidine rings is 1. The molecule has 1 atom stereocenters. The van der Waals surface area contributed by atoms with Gasteiger partial charge in [-0.2, -0.15) is 4.31 Å². The molecule has 2 heterocycles. The number of benzene rings is 1. The molecule has 0 bridgehead atoms. The van der Waals surface area contributed by atoms with E-state index in [-0.39, 0.29) is 17.6 Å². The molecule has 28 heavy (non-hydrogen) atoms. The van der Waals surface area contributed by atoms with Crippen LogP contribution in [0.15, 0.2) is 24.3 Å². The third kappa shape index (κ3) is 4.91. The Balaban J connectivity index is 1.69. The molecule has 1 aromatic carbocycles. The van der Waals surface area contributed by atoms with Gasteiger partial charge in [-0.05, 0) is 43.4 Å². The Morgan fingerprint density at radius 3 is 2.75 bits per heavy atom. The van der Waals surface area contributed by atoms with Crippen LogP contribution in [0.3, 0.4) is 0 Å². The Morgan fingerprint density at radius 1 is 1.21 bits per heavy atom. The minimum absolute atomic E-state index is 0.0656. The van der Waals surface area contributed by atoms with Crippen LogP contribution in [-0.4, -0.2) is 54.3 Å². The quantitative estimate of drug-likeness (QED) is 0.752. The van der Waals surface area contributed by atoms with Crippen LogP contribution >= 0.6 is 0 Å². The van der Waals surface area contributed by atoms with Crippen molar-refractivity contribution in [1.82, 2.24) is 9.21 Å². The molecule has 1 N–H and O–H groups in total. The van der Waals surface area contributed by atoms with Crippen LogP contribution < -0.4 is 5.32 Å². The second kappa shape index (κ2) is 9.05. The molecule has 7 nitrogen and oxygen atoms in total. The zero-order chi connectivity index (χ0) is 20.1. The lowest BCUT2D eigenvalue weighted by molar-refractivity contribution is -0.128. The molecule has 0 aromatic heterocycles. The second-order valence-electron chi connectivity index (χ2n) is 7.55. The summed E-state index contributed by atoms with van der Waals surface area (Å²) in [4.78, 5) is 26.5. The maximum atomic E-state index is 12.9. The monoisotopic (exact) mass is 407 g/mol. The van der Waals surface area contributed by atoms with E-state index >= 15 is 0 Å². The van der Waals surface area contributed by atoms with Crippen LogP contribution in [0.25, 0.3) is 0 Å². The lowest BCUT2D eigenvalue weighted by Gasteiger charge is -2.33. The Labute approximate surface area is 167 Å². The van der Waals surface area contributed by atoms with Gasteiger partial charge in [-0.1, -0.05) is 25.5 Å². The van der Waals surface area contributed by atoms with Gasteiger partial charge in [0.05, 0.1) is 5.75 Å². The first-order chi connectivity index (χ1) is 13.4. The third-order valence-corrected chi connectivity index (χ3v) is 7.39. The smallest absolute Gasteiger partial charge is 0.242 e. The summed E-state index contributed by atoms with van der Waals surface area (Å²) in [5.74, 6) is -0.0574. The van der Waals surface area contributed by atoms with E-state index < -0.39 is 16.1 Å². The lowest BCUT2D eigenvalue weighted by Crippen LogP contribution is -2.50. The number of carbonyl (C=O) groups is 2. The average Bonchev–Trinajstić information content (AvgIpc) is 3.06. The van der Waals surface area contributed by atoms with Crippen LogP contribution in [0.1, 0.15) is 51.0 Å². The van der Waals surface area contributed by atoms with Gasteiger partial charge in [0.15, 0.2) is 0 Å². The van der Waals surface area contributed by atoms with Crippen LogP contribution in [0.2, 0.25) is 0 Å². The van der Waals surface area contributed by atoms with Crippen molar-refractivity contribution in [3.63, 3.8) is 0 Å². The highest BCUT2D eigenvalue weighted by Crippen LogP contribution is 2.23. The van der Waals surface area contributed by atoms with E-state index in [4.69, 9.17) is 0 Å². The summed E-state index contributed by atoms with van der Waals surface area (Å²) in [5, 5.41) is 2.88. The number of nitrogens with one attached hydrogen (secondary N) is 1. The number of sulfonamides is 1. The SMILES string of the molecule is CCCS(=O)(=O)N1CCCCC1C(=O)Nc1cccc(CN2CCCC2=O)c1. The van der Waals surface area contributed by atoms with Gasteiger partial charge in [0.2, 0.25) is 21.8 Å². The van der Waals surface area contributed by atoms with Gasteiger partial charge in [0.25, 0.3) is 0 Å². The molecular weight excluding hydrogens is 378 g/mol. The topological polar surface area (TPSA) is 86.8 Å². The van der Waals surface area contributed by atoms with Crippen molar-refractivity contribution in [3.05, 3.63) is 29.8 Å². The highest BCUT2D eigenvalue weighted by Gasteiger charge is 2.36. The van der Waals surface area contributed by atoms with Crippen LogP contribution in [0.5, 0.6) is 0 Å². The molecule has 2 saturated heterocycles. The highest BCUT2D eigenvalue weighted by atomic mass is 32.2. The van der Waals surface area contributed by atoms with Crippen molar-refractivity contribution < 1.29 is 18.0 Å². The number of hydrogen-bond donors (Lipinski definition) is 1. The molecule has 1 aromatic rings. The second-order valence-corrected chi connectivity index (χ2v) is 9.59. The van der Waals surface area contributed by atoms with Gasteiger partial charge >= 0.3 is 0 Å². The normalized spacial score (nSPS) is 21.1. The molecule has 3 rings (SSSR count). The minimum Gasteiger partial charge on any atom is -0.338 e. The van der Waals surface area contributed by atoms with E-state index in [1.807, 2.05) is 30.0 Å². The van der Waals surface area contributed by atoms with Gasteiger partial charge in [-0.3, -0.25) is 9.59 Å². The van der Waals surface area contributed by atoms with Gasteiger partial charge in [0, 0.05) is 31.7 Å². The van der Waals surface area contributed by atoms with Crippen molar-refractivity contribution in [2.45, 2.75) is 58.0 Å². The molecule has 2 fully saturated rings. The molecule has 0 radical (unpaired) electrons. The van der Waals surface area contributed by atoms with E-state index in [9.17, 15) is 18.0 Å². The first-order valence-electron chi connectivity index (χ1n) is 10.1. The first kappa shape index (κ1) is 20.8. The average molecular weight is 408 g/mol. The molecule has 1 unspecified atom stereocenters. The predicted octanol–water partition coefficient (Wildman–Crippen LogP) is 2.34. The maximum absolute atomic E-state index is 12.9. The molecule has 0 spiro atoms. The molecule has 154 valence electrons. The first-order valence-corrected chi connectivity index (χ1v) is 11.7. The molecule has 8 heteroatoms. The number of hydrogen-bond acceptors (Lipinski definition) is 4. The van der Waals surface area contributed by atoms with E-state index in [2.05, 4.69) is 5.32 Å². The Morgan fingerprint density at radius 2 is 2.04 bits per heavy atom. The summed E-state index contributed by atoms with van der Waals surface area (Å²) >= 11 is 0. The van der Waals surface area contributed by atoms with E-state index in [1.165, 1.54) is 4.31 Å². The fourth-order valence-corrected chi connectivity index (χ4v) is 5.69. The van der Waals surface area contributed by atoms with Crippen LogP contribution in [0, 0.1) is 0 Å². The standard InChI is InChI=1S/C20H29N3O4S/c1-2-13-28(26,27)23-12-4-3-9-18(23)20(25)21-17-8-5-7-16(14-17)15-22-11-6-10-19(22)24/h5,7-8,14,18H,2-4,6,9-13,15H2,1H3,(H,21,25). The third-order valence-electron chi connectivity index (χ3n) is 5.32. The fourth-order valence-electron chi connectivity index (χ4n) is 3.94. The van der Waals surface area contributed by atoms with E-state index in [1.54, 1.807) is 6.07 Å². The number of amides is 2. The molecule has 2 aliphatic heterocycles. The number of rotatable bonds is 7. The van der Waals surface area contributed by atoms with Crippen molar-refractivity contribution in [3.8, 4) is 0 Å². The van der Waals surface area contributed by atoms with Gasteiger partial charge in [-0.15, -0.1) is 0 Å². The molecule has 2 aliphatic rings. The Bertz CT molecular complexity index is 824. The molecule has 0 aliphatic carbocycles. The fraction of sp³-hybridized carbons (Fsp3) is 0.600. The number of nitrogens with zero attached hydrogens (tertiary/aromatic N) is 2. The summed E-state index contributed by atoms with van der Waals surface area (Å²) in [6, 6.07) is 6.77. The van der Waals surface area contributed by atoms with Crippen molar-refractivity contribution in [1.29, 1.82) is 0 Å². The maximum Gasteiger partial charge on any atom is 0.242 e. The van der Waals surface area contributed by atoms with Gasteiger partial charge < -0.3 is 10.2 Å². The predicted molar refractivity (Wildman–Crippen MR) is 108 cm³/mol. The summed E-state index contributed by atoms with van der Waals surface area (Å²) in [6.45, 7) is 3.52.